The highest BCUT2D eigenvalue weighted by Gasteiger charge is 2.36. The van der Waals surface area contributed by atoms with Gasteiger partial charge in [-0.2, -0.15) is 0 Å². The molecule has 1 aliphatic heterocycles. The zero-order chi connectivity index (χ0) is 16.2. The predicted octanol–water partition coefficient (Wildman–Crippen LogP) is 3.18. The number of hydrogen-bond acceptors (Lipinski definition) is 2. The van der Waals surface area contributed by atoms with Crippen LogP contribution in [-0.4, -0.2) is 30.8 Å². The molecule has 2 N–H and O–H groups in total. The smallest absolute Gasteiger partial charge is 0.315 e. The van der Waals surface area contributed by atoms with Gasteiger partial charge in [0.05, 0.1) is 6.10 Å². The van der Waals surface area contributed by atoms with Gasteiger partial charge in [-0.3, -0.25) is 0 Å². The summed E-state index contributed by atoms with van der Waals surface area (Å²) >= 11 is 0. The standard InChI is InChI=1S/C19H28N2O2/c1-13-5-3-4-6-16(13)11-14(2)20-19(22)21-17-9-10-23-18(12-17)15-7-8-15/h3-6,14-15,17-18H,7-12H2,1-2H3,(H2,20,21,22)/t14-,17+,18-/m0/s1. The maximum Gasteiger partial charge on any atom is 0.315 e. The first-order valence-electron chi connectivity index (χ1n) is 8.85. The Labute approximate surface area is 139 Å². The van der Waals surface area contributed by atoms with Gasteiger partial charge >= 0.3 is 6.03 Å². The highest BCUT2D eigenvalue weighted by molar-refractivity contribution is 5.74. The highest BCUT2D eigenvalue weighted by atomic mass is 16.5. The molecule has 0 radical (unpaired) electrons. The molecule has 0 bridgehead atoms. The van der Waals surface area contributed by atoms with E-state index in [0.717, 1.165) is 31.8 Å². The molecule has 0 aromatic heterocycles. The minimum Gasteiger partial charge on any atom is -0.378 e. The Bertz CT molecular complexity index is 542. The number of carbonyl (C=O) groups excluding carboxylic acids is 1. The third-order valence-electron chi connectivity index (χ3n) is 4.96. The summed E-state index contributed by atoms with van der Waals surface area (Å²) in [6.07, 6.45) is 5.68. The van der Waals surface area contributed by atoms with E-state index in [0.29, 0.717) is 6.10 Å². The van der Waals surface area contributed by atoms with Crippen molar-refractivity contribution >= 4 is 6.03 Å². The van der Waals surface area contributed by atoms with E-state index < -0.39 is 0 Å². The van der Waals surface area contributed by atoms with Gasteiger partial charge in [-0.1, -0.05) is 24.3 Å². The molecule has 4 nitrogen and oxygen atoms in total. The van der Waals surface area contributed by atoms with Crippen LogP contribution in [0.25, 0.3) is 0 Å². The maximum absolute atomic E-state index is 12.2. The van der Waals surface area contributed by atoms with Crippen molar-refractivity contribution in [2.75, 3.05) is 6.61 Å². The van der Waals surface area contributed by atoms with Crippen molar-refractivity contribution in [1.82, 2.24) is 10.6 Å². The number of amides is 2. The lowest BCUT2D eigenvalue weighted by Crippen LogP contribution is -2.49. The van der Waals surface area contributed by atoms with Crippen molar-refractivity contribution in [3.05, 3.63) is 35.4 Å². The van der Waals surface area contributed by atoms with Gasteiger partial charge in [0.15, 0.2) is 0 Å². The van der Waals surface area contributed by atoms with Crippen LogP contribution in [0.3, 0.4) is 0 Å². The third kappa shape index (κ3) is 4.71. The fourth-order valence-corrected chi connectivity index (χ4v) is 3.43. The second-order valence-electron chi connectivity index (χ2n) is 7.12. The van der Waals surface area contributed by atoms with E-state index >= 15 is 0 Å². The predicted molar refractivity (Wildman–Crippen MR) is 91.5 cm³/mol. The zero-order valence-electron chi connectivity index (χ0n) is 14.2. The molecule has 23 heavy (non-hydrogen) atoms. The van der Waals surface area contributed by atoms with Crippen molar-refractivity contribution in [3.8, 4) is 0 Å². The SMILES string of the molecule is Cc1ccccc1C[C@H](C)NC(=O)N[C@@H]1CCO[C@H](C2CC2)C1. The van der Waals surface area contributed by atoms with Gasteiger partial charge < -0.3 is 15.4 Å². The van der Waals surface area contributed by atoms with Crippen LogP contribution in [0.2, 0.25) is 0 Å². The molecular weight excluding hydrogens is 288 g/mol. The van der Waals surface area contributed by atoms with Crippen molar-refractivity contribution in [3.63, 3.8) is 0 Å². The van der Waals surface area contributed by atoms with Crippen molar-refractivity contribution in [2.45, 2.75) is 64.1 Å². The number of nitrogens with one attached hydrogen (secondary N) is 2. The number of aryl methyl sites for hydroxylation is 1. The van der Waals surface area contributed by atoms with Gasteiger partial charge in [-0.05, 0) is 63.0 Å². The lowest BCUT2D eigenvalue weighted by atomic mass is 10.00. The number of ether oxygens (including phenoxy) is 1. The van der Waals surface area contributed by atoms with E-state index in [2.05, 4.69) is 42.7 Å². The minimum atomic E-state index is -0.0486. The molecule has 0 spiro atoms. The summed E-state index contributed by atoms with van der Waals surface area (Å²) in [5, 5.41) is 6.20. The molecule has 1 aliphatic carbocycles. The van der Waals surface area contributed by atoms with E-state index in [1.54, 1.807) is 0 Å². The first kappa shape index (κ1) is 16.3. The average molecular weight is 316 g/mol. The summed E-state index contributed by atoms with van der Waals surface area (Å²) in [4.78, 5) is 12.2. The second kappa shape index (κ2) is 7.35. The lowest BCUT2D eigenvalue weighted by molar-refractivity contribution is -0.00917. The lowest BCUT2D eigenvalue weighted by Gasteiger charge is -2.30. The summed E-state index contributed by atoms with van der Waals surface area (Å²) in [5.74, 6) is 0.739. The Morgan fingerprint density at radius 1 is 1.30 bits per heavy atom. The van der Waals surface area contributed by atoms with Crippen molar-refractivity contribution < 1.29 is 9.53 Å². The van der Waals surface area contributed by atoms with Crippen LogP contribution in [0, 0.1) is 12.8 Å². The van der Waals surface area contributed by atoms with Crippen LogP contribution in [-0.2, 0) is 11.2 Å². The molecule has 3 rings (SSSR count). The first-order valence-corrected chi connectivity index (χ1v) is 8.85. The summed E-state index contributed by atoms with van der Waals surface area (Å²) in [6.45, 7) is 4.94. The van der Waals surface area contributed by atoms with Crippen LogP contribution < -0.4 is 10.6 Å². The van der Waals surface area contributed by atoms with Crippen LogP contribution in [0.15, 0.2) is 24.3 Å². The molecular formula is C19H28N2O2. The molecule has 3 atom stereocenters. The molecule has 1 aromatic rings. The first-order chi connectivity index (χ1) is 11.1. The minimum absolute atomic E-state index is 0.0486. The van der Waals surface area contributed by atoms with E-state index in [1.165, 1.54) is 24.0 Å². The fourth-order valence-electron chi connectivity index (χ4n) is 3.43. The molecule has 2 amide bonds. The zero-order valence-corrected chi connectivity index (χ0v) is 14.2. The van der Waals surface area contributed by atoms with E-state index in [-0.39, 0.29) is 18.1 Å². The molecule has 1 heterocycles. The van der Waals surface area contributed by atoms with Gasteiger partial charge in [0.2, 0.25) is 0 Å². The summed E-state index contributed by atoms with van der Waals surface area (Å²) in [6, 6.07) is 8.66. The number of rotatable bonds is 5. The van der Waals surface area contributed by atoms with Gasteiger partial charge in [0.1, 0.15) is 0 Å². The summed E-state index contributed by atoms with van der Waals surface area (Å²) in [7, 11) is 0. The Morgan fingerprint density at radius 3 is 2.83 bits per heavy atom. The molecule has 2 aliphatic rings. The van der Waals surface area contributed by atoms with Crippen molar-refractivity contribution in [1.29, 1.82) is 0 Å². The molecule has 1 aromatic carbocycles. The Morgan fingerprint density at radius 2 is 2.09 bits per heavy atom. The number of hydrogen-bond donors (Lipinski definition) is 2. The average Bonchev–Trinajstić information content (AvgIpc) is 3.34. The van der Waals surface area contributed by atoms with Crippen LogP contribution >= 0.6 is 0 Å². The molecule has 4 heteroatoms. The van der Waals surface area contributed by atoms with Gasteiger partial charge in [0.25, 0.3) is 0 Å². The van der Waals surface area contributed by atoms with Crippen LogP contribution in [0.1, 0.15) is 43.7 Å². The van der Waals surface area contributed by atoms with Gasteiger partial charge in [-0.15, -0.1) is 0 Å². The molecule has 0 unspecified atom stereocenters. The Kier molecular flexibility index (Phi) is 5.21. The van der Waals surface area contributed by atoms with Gasteiger partial charge in [0, 0.05) is 18.7 Å². The molecule has 1 saturated heterocycles. The van der Waals surface area contributed by atoms with E-state index in [1.807, 2.05) is 6.07 Å². The fraction of sp³-hybridized carbons (Fsp3) is 0.632. The van der Waals surface area contributed by atoms with Gasteiger partial charge in [-0.25, -0.2) is 4.79 Å². The quantitative estimate of drug-likeness (QED) is 0.876. The topological polar surface area (TPSA) is 50.4 Å². The van der Waals surface area contributed by atoms with Crippen LogP contribution in [0.4, 0.5) is 4.79 Å². The molecule has 1 saturated carbocycles. The number of carbonyl (C=O) groups is 1. The largest absolute Gasteiger partial charge is 0.378 e. The third-order valence-corrected chi connectivity index (χ3v) is 4.96. The highest BCUT2D eigenvalue weighted by Crippen LogP contribution is 2.38. The monoisotopic (exact) mass is 316 g/mol. The second-order valence-corrected chi connectivity index (χ2v) is 7.12. The summed E-state index contributed by atoms with van der Waals surface area (Å²) < 4.78 is 5.82. The van der Waals surface area contributed by atoms with Crippen LogP contribution in [0.5, 0.6) is 0 Å². The normalized spacial score (nSPS) is 25.7. The Balaban J connectivity index is 1.44. The molecule has 126 valence electrons. The van der Waals surface area contributed by atoms with E-state index in [9.17, 15) is 4.79 Å². The number of urea groups is 1. The maximum atomic E-state index is 12.2. The van der Waals surface area contributed by atoms with E-state index in [4.69, 9.17) is 4.74 Å². The summed E-state index contributed by atoms with van der Waals surface area (Å²) in [5.41, 5.74) is 2.57. The number of benzene rings is 1. The molecule has 2 fully saturated rings. The van der Waals surface area contributed by atoms with Crippen molar-refractivity contribution in [2.24, 2.45) is 5.92 Å². The Hall–Kier alpha value is -1.55.